The average molecular weight is 328 g/mol. The molecule has 1 aromatic carbocycles. The van der Waals surface area contributed by atoms with E-state index >= 15 is 0 Å². The van der Waals surface area contributed by atoms with E-state index in [0.717, 1.165) is 33.2 Å². The number of anilines is 2. The van der Waals surface area contributed by atoms with Crippen LogP contribution in [0.2, 0.25) is 0 Å². The molecule has 124 valence electrons. The van der Waals surface area contributed by atoms with E-state index in [1.165, 1.54) is 7.05 Å². The zero-order chi connectivity index (χ0) is 17.4. The molecule has 8 heteroatoms. The second-order valence-corrected chi connectivity index (χ2v) is 5.42. The van der Waals surface area contributed by atoms with Gasteiger partial charge in [-0.25, -0.2) is 4.79 Å². The fourth-order valence-electron chi connectivity index (χ4n) is 2.50. The summed E-state index contributed by atoms with van der Waals surface area (Å²) in [5.41, 5.74) is 1.77. The first-order chi connectivity index (χ1) is 11.4. The first-order valence-corrected chi connectivity index (χ1v) is 7.21. The van der Waals surface area contributed by atoms with Crippen molar-refractivity contribution in [1.29, 1.82) is 0 Å². The van der Waals surface area contributed by atoms with Gasteiger partial charge < -0.3 is 15.0 Å². The lowest BCUT2D eigenvalue weighted by Crippen LogP contribution is -2.37. The second-order valence-electron chi connectivity index (χ2n) is 5.42. The molecule has 0 aliphatic carbocycles. The highest BCUT2D eigenvalue weighted by molar-refractivity contribution is 5.70. The maximum atomic E-state index is 11.7. The summed E-state index contributed by atoms with van der Waals surface area (Å²) in [7, 11) is 1.45. The smallest absolute Gasteiger partial charge is 0.365 e. The highest BCUT2D eigenvalue weighted by atomic mass is 16.5. The van der Waals surface area contributed by atoms with Crippen LogP contribution in [0.25, 0.3) is 11.1 Å². The van der Waals surface area contributed by atoms with Crippen molar-refractivity contribution in [1.82, 2.24) is 14.5 Å². The van der Waals surface area contributed by atoms with Crippen LogP contribution in [0, 0.1) is 13.8 Å². The molecule has 0 spiro atoms. The fourth-order valence-corrected chi connectivity index (χ4v) is 2.50. The Morgan fingerprint density at radius 1 is 1.17 bits per heavy atom. The topological polar surface area (TPSA) is 102 Å². The van der Waals surface area contributed by atoms with Gasteiger partial charge in [0.1, 0.15) is 11.6 Å². The number of aryl methyl sites for hydroxylation is 2. The van der Waals surface area contributed by atoms with Crippen molar-refractivity contribution in [3.05, 3.63) is 62.6 Å². The van der Waals surface area contributed by atoms with Gasteiger partial charge in [0.05, 0.1) is 5.69 Å². The Kier molecular flexibility index (Phi) is 3.72. The van der Waals surface area contributed by atoms with Gasteiger partial charge in [0, 0.05) is 24.4 Å². The molecule has 0 saturated heterocycles. The lowest BCUT2D eigenvalue weighted by atomic mass is 10.0. The van der Waals surface area contributed by atoms with Crippen LogP contribution >= 0.6 is 0 Å². The molecule has 0 bridgehead atoms. The number of nitrogens with zero attached hydrogens (tertiary/aromatic N) is 3. The Morgan fingerprint density at radius 3 is 2.42 bits per heavy atom. The van der Waals surface area contributed by atoms with Crippen LogP contribution in [0.15, 0.2) is 44.4 Å². The molecule has 0 radical (unpaired) electrons. The summed E-state index contributed by atoms with van der Waals surface area (Å²) in [6, 6.07) is 8.55. The van der Waals surface area contributed by atoms with Crippen molar-refractivity contribution in [3.63, 3.8) is 0 Å². The molecule has 0 aliphatic heterocycles. The van der Waals surface area contributed by atoms with Gasteiger partial charge in [0.25, 0.3) is 5.56 Å². The summed E-state index contributed by atoms with van der Waals surface area (Å²) < 4.78 is 6.37. The minimum absolute atomic E-state index is 0.0612. The fraction of sp³-hybridized carbons (Fsp3) is 0.188. The summed E-state index contributed by atoms with van der Waals surface area (Å²) in [6.07, 6.45) is 0. The largest absolute Gasteiger partial charge is 0.421 e. The Hall–Kier alpha value is -3.29. The molecular weight excluding hydrogens is 312 g/mol. The number of nitrogens with one attached hydrogen (secondary N) is 1. The highest BCUT2D eigenvalue weighted by Gasteiger charge is 2.12. The van der Waals surface area contributed by atoms with Crippen LogP contribution < -0.4 is 16.6 Å². The number of aromatic nitrogens is 3. The van der Waals surface area contributed by atoms with E-state index < -0.39 is 11.2 Å². The summed E-state index contributed by atoms with van der Waals surface area (Å²) in [5.74, 6) is 1.02. The lowest BCUT2D eigenvalue weighted by molar-refractivity contribution is 0.156. The first kappa shape index (κ1) is 15.6. The second kappa shape index (κ2) is 5.73. The van der Waals surface area contributed by atoms with Gasteiger partial charge >= 0.3 is 5.69 Å². The zero-order valence-corrected chi connectivity index (χ0v) is 13.4. The van der Waals surface area contributed by atoms with E-state index in [2.05, 4.69) is 10.5 Å². The van der Waals surface area contributed by atoms with E-state index in [0.29, 0.717) is 5.69 Å². The highest BCUT2D eigenvalue weighted by Crippen LogP contribution is 2.28. The summed E-state index contributed by atoms with van der Waals surface area (Å²) >= 11 is 0. The molecule has 2 aromatic heterocycles. The maximum absolute atomic E-state index is 11.7. The SMILES string of the molecule is Cc1noc(C)c1-c1ccc(Nc2cc(=O)n(O)c(=O)n2C)cc1. The molecule has 0 atom stereocenters. The van der Waals surface area contributed by atoms with Crippen LogP contribution in [-0.4, -0.2) is 19.7 Å². The third-order valence-electron chi connectivity index (χ3n) is 3.78. The third kappa shape index (κ3) is 2.58. The standard InChI is InChI=1S/C16H16N4O4/c1-9-15(10(2)24-18-9)11-4-6-12(7-5-11)17-13-8-14(21)20(23)16(22)19(13)3/h4-8,17,23H,1-3H3. The number of rotatable bonds is 3. The molecular formula is C16H16N4O4. The van der Waals surface area contributed by atoms with Gasteiger partial charge in [-0.1, -0.05) is 22.0 Å². The summed E-state index contributed by atoms with van der Waals surface area (Å²) in [5, 5.41) is 16.2. The van der Waals surface area contributed by atoms with Crippen LogP contribution in [0.5, 0.6) is 0 Å². The summed E-state index contributed by atoms with van der Waals surface area (Å²) in [4.78, 5) is 23.2. The van der Waals surface area contributed by atoms with Crippen LogP contribution in [-0.2, 0) is 7.05 Å². The van der Waals surface area contributed by atoms with Crippen LogP contribution in [0.3, 0.4) is 0 Å². The van der Waals surface area contributed by atoms with E-state index in [1.807, 2.05) is 38.1 Å². The van der Waals surface area contributed by atoms with Gasteiger partial charge in [-0.15, -0.1) is 0 Å². The van der Waals surface area contributed by atoms with Crippen molar-refractivity contribution < 1.29 is 9.73 Å². The van der Waals surface area contributed by atoms with Gasteiger partial charge in [0.2, 0.25) is 0 Å². The predicted molar refractivity (Wildman–Crippen MR) is 87.8 cm³/mol. The van der Waals surface area contributed by atoms with E-state index in [4.69, 9.17) is 4.52 Å². The minimum atomic E-state index is -0.822. The molecule has 3 aromatic rings. The van der Waals surface area contributed by atoms with Crippen molar-refractivity contribution in [2.75, 3.05) is 5.32 Å². The molecule has 0 fully saturated rings. The van der Waals surface area contributed by atoms with Gasteiger partial charge in [-0.2, -0.15) is 0 Å². The van der Waals surface area contributed by atoms with Gasteiger partial charge in [-0.3, -0.25) is 9.36 Å². The minimum Gasteiger partial charge on any atom is -0.421 e. The molecule has 24 heavy (non-hydrogen) atoms. The van der Waals surface area contributed by atoms with E-state index in [1.54, 1.807) is 0 Å². The number of hydrogen-bond donors (Lipinski definition) is 2. The molecule has 2 N–H and O–H groups in total. The molecule has 0 amide bonds. The summed E-state index contributed by atoms with van der Waals surface area (Å²) in [6.45, 7) is 3.72. The molecule has 0 aliphatic rings. The zero-order valence-electron chi connectivity index (χ0n) is 13.4. The molecule has 2 heterocycles. The van der Waals surface area contributed by atoms with Crippen molar-refractivity contribution in [3.8, 4) is 11.1 Å². The van der Waals surface area contributed by atoms with Crippen molar-refractivity contribution in [2.45, 2.75) is 13.8 Å². The Balaban J connectivity index is 1.94. The van der Waals surface area contributed by atoms with Crippen LogP contribution in [0.4, 0.5) is 11.5 Å². The lowest BCUT2D eigenvalue weighted by Gasteiger charge is -2.11. The first-order valence-electron chi connectivity index (χ1n) is 7.21. The Morgan fingerprint density at radius 2 is 1.83 bits per heavy atom. The molecule has 8 nitrogen and oxygen atoms in total. The molecule has 0 saturated carbocycles. The van der Waals surface area contributed by atoms with Gasteiger partial charge in [-0.05, 0) is 31.5 Å². The quantitative estimate of drug-likeness (QED) is 0.711. The molecule has 3 rings (SSSR count). The third-order valence-corrected chi connectivity index (χ3v) is 3.78. The predicted octanol–water partition coefficient (Wildman–Crippen LogP) is 1.80. The Bertz CT molecular complexity index is 993. The Labute approximate surface area is 136 Å². The average Bonchev–Trinajstić information content (AvgIpc) is 2.90. The van der Waals surface area contributed by atoms with E-state index in [9.17, 15) is 14.8 Å². The van der Waals surface area contributed by atoms with Crippen molar-refractivity contribution in [2.24, 2.45) is 7.05 Å². The van der Waals surface area contributed by atoms with Gasteiger partial charge in [0.15, 0.2) is 0 Å². The normalized spacial score (nSPS) is 10.8. The van der Waals surface area contributed by atoms with Crippen molar-refractivity contribution >= 4 is 11.5 Å². The van der Waals surface area contributed by atoms with E-state index in [-0.39, 0.29) is 10.5 Å². The number of benzene rings is 1. The number of hydrogen-bond acceptors (Lipinski definition) is 6. The van der Waals surface area contributed by atoms with Crippen LogP contribution in [0.1, 0.15) is 11.5 Å². The molecule has 0 unspecified atom stereocenters. The monoisotopic (exact) mass is 328 g/mol. The maximum Gasteiger partial charge on any atom is 0.365 e.